The molecule has 4 rings (SSSR count). The molecule has 1 aromatic heterocycles. The Labute approximate surface area is 158 Å². The fraction of sp³-hybridized carbons (Fsp3) is 0.238. The summed E-state index contributed by atoms with van der Waals surface area (Å²) in [7, 11) is 1.86. The molecule has 5 heteroatoms. The summed E-state index contributed by atoms with van der Waals surface area (Å²) in [6.07, 6.45) is 9.53. The first-order valence-corrected chi connectivity index (χ1v) is 9.98. The summed E-state index contributed by atoms with van der Waals surface area (Å²) in [4.78, 5) is 19.1. The third kappa shape index (κ3) is 2.92. The topological polar surface area (TPSA) is 45.2 Å². The monoisotopic (exact) mass is 363 g/mol. The second-order valence-electron chi connectivity index (χ2n) is 6.50. The number of benzene rings is 1. The van der Waals surface area contributed by atoms with Gasteiger partial charge in [-0.15, -0.1) is 11.8 Å². The van der Waals surface area contributed by atoms with E-state index in [2.05, 4.69) is 34.6 Å². The molecule has 2 aromatic rings. The molecule has 0 bridgehead atoms. The van der Waals surface area contributed by atoms with Crippen molar-refractivity contribution in [2.24, 2.45) is 0 Å². The van der Waals surface area contributed by atoms with E-state index in [-0.39, 0.29) is 11.4 Å². The Morgan fingerprint density at radius 1 is 1.15 bits per heavy atom. The summed E-state index contributed by atoms with van der Waals surface area (Å²) in [6, 6.07) is 12.3. The van der Waals surface area contributed by atoms with E-state index in [9.17, 15) is 4.79 Å². The highest BCUT2D eigenvalue weighted by Crippen LogP contribution is 2.35. The highest BCUT2D eigenvalue weighted by Gasteiger charge is 2.34. The van der Waals surface area contributed by atoms with Crippen molar-refractivity contribution in [3.05, 3.63) is 76.6 Å². The first kappa shape index (κ1) is 16.9. The van der Waals surface area contributed by atoms with E-state index in [0.717, 1.165) is 35.2 Å². The van der Waals surface area contributed by atoms with E-state index < -0.39 is 0 Å². The lowest BCUT2D eigenvalue weighted by Gasteiger charge is -2.37. The van der Waals surface area contributed by atoms with E-state index in [0.29, 0.717) is 0 Å². The predicted molar refractivity (Wildman–Crippen MR) is 107 cm³/mol. The van der Waals surface area contributed by atoms with Crippen LogP contribution < -0.4 is 5.32 Å². The summed E-state index contributed by atoms with van der Waals surface area (Å²) < 4.78 is 0. The standard InChI is InChI=1S/C21H21N3OS/c1-24-20(25)18(17-8-7-14-5-3-4-6-16(14)13-17)19(23-21(24)26-2)15-9-11-22-12-10-15/h3-6,9-13,21,23H,7-8H2,1-2H3. The molecule has 1 aliphatic heterocycles. The number of nitrogens with zero attached hydrogens (tertiary/aromatic N) is 2. The number of fused-ring (bicyclic) bond motifs is 1. The van der Waals surface area contributed by atoms with Gasteiger partial charge in [0.25, 0.3) is 5.91 Å². The number of pyridine rings is 1. The van der Waals surface area contributed by atoms with Gasteiger partial charge in [-0.2, -0.15) is 0 Å². The summed E-state index contributed by atoms with van der Waals surface area (Å²) >= 11 is 1.62. The van der Waals surface area contributed by atoms with E-state index in [1.54, 1.807) is 29.1 Å². The van der Waals surface area contributed by atoms with Gasteiger partial charge in [0.15, 0.2) is 0 Å². The average molecular weight is 363 g/mol. The van der Waals surface area contributed by atoms with Crippen LogP contribution in [0, 0.1) is 0 Å². The SMILES string of the molecule is CSC1NC(c2ccncc2)=C(C2=Cc3ccccc3CC2)C(=O)N1C. The first-order valence-electron chi connectivity index (χ1n) is 8.69. The first-order chi connectivity index (χ1) is 12.7. The molecule has 0 fully saturated rings. The number of nitrogens with one attached hydrogen (secondary N) is 1. The highest BCUT2D eigenvalue weighted by molar-refractivity contribution is 7.99. The lowest BCUT2D eigenvalue weighted by atomic mass is 9.86. The van der Waals surface area contributed by atoms with Crippen LogP contribution in [0.4, 0.5) is 0 Å². The number of carbonyl (C=O) groups is 1. The number of hydrogen-bond acceptors (Lipinski definition) is 4. The minimum absolute atomic E-state index is 0.0699. The third-order valence-electron chi connectivity index (χ3n) is 4.97. The molecule has 0 saturated heterocycles. The maximum Gasteiger partial charge on any atom is 0.258 e. The molecule has 1 unspecified atom stereocenters. The molecule has 0 radical (unpaired) electrons. The summed E-state index contributed by atoms with van der Waals surface area (Å²) in [6.45, 7) is 0. The molecule has 0 saturated carbocycles. The van der Waals surface area contributed by atoms with E-state index >= 15 is 0 Å². The minimum atomic E-state index is -0.0779. The van der Waals surface area contributed by atoms with Gasteiger partial charge in [0.1, 0.15) is 5.50 Å². The number of carbonyl (C=O) groups excluding carboxylic acids is 1. The van der Waals surface area contributed by atoms with E-state index in [1.165, 1.54) is 11.1 Å². The molecule has 1 aromatic carbocycles. The Kier molecular flexibility index (Phi) is 4.55. The lowest BCUT2D eigenvalue weighted by Crippen LogP contribution is -2.49. The van der Waals surface area contributed by atoms with Gasteiger partial charge in [0, 0.05) is 25.0 Å². The Hall–Kier alpha value is -2.53. The number of amides is 1. The number of aromatic nitrogens is 1. The Bertz CT molecular complexity index is 904. The van der Waals surface area contributed by atoms with Crippen molar-refractivity contribution >= 4 is 29.4 Å². The second-order valence-corrected chi connectivity index (χ2v) is 7.42. The molecule has 26 heavy (non-hydrogen) atoms. The number of hydrogen-bond donors (Lipinski definition) is 1. The summed E-state index contributed by atoms with van der Waals surface area (Å²) in [5, 5.41) is 3.55. The van der Waals surface area contributed by atoms with Crippen molar-refractivity contribution in [2.45, 2.75) is 18.3 Å². The Balaban J connectivity index is 1.88. The molecular formula is C21H21N3OS. The van der Waals surface area contributed by atoms with Gasteiger partial charge in [-0.05, 0) is 47.9 Å². The molecule has 0 spiro atoms. The summed E-state index contributed by atoms with van der Waals surface area (Å²) in [5.41, 5.74) is 6.24. The molecule has 2 aliphatic rings. The van der Waals surface area contributed by atoms with Crippen LogP contribution in [0.15, 0.2) is 59.9 Å². The molecule has 1 amide bonds. The van der Waals surface area contributed by atoms with Crippen molar-refractivity contribution in [1.29, 1.82) is 0 Å². The van der Waals surface area contributed by atoms with Crippen molar-refractivity contribution in [2.75, 3.05) is 13.3 Å². The van der Waals surface area contributed by atoms with Crippen molar-refractivity contribution < 1.29 is 4.79 Å². The summed E-state index contributed by atoms with van der Waals surface area (Å²) in [5.74, 6) is 0.0699. The number of rotatable bonds is 3. The van der Waals surface area contributed by atoms with Crippen molar-refractivity contribution in [3.8, 4) is 0 Å². The molecule has 1 N–H and O–H groups in total. The largest absolute Gasteiger partial charge is 0.355 e. The number of aryl methyl sites for hydroxylation is 1. The van der Waals surface area contributed by atoms with E-state index in [4.69, 9.17) is 0 Å². The van der Waals surface area contributed by atoms with Crippen molar-refractivity contribution in [1.82, 2.24) is 15.2 Å². The maximum atomic E-state index is 13.2. The van der Waals surface area contributed by atoms with Crippen LogP contribution in [0.3, 0.4) is 0 Å². The van der Waals surface area contributed by atoms with Crippen LogP contribution in [0.25, 0.3) is 11.8 Å². The van der Waals surface area contributed by atoms with Gasteiger partial charge in [-0.3, -0.25) is 9.78 Å². The molecule has 1 aliphatic carbocycles. The van der Waals surface area contributed by atoms with Crippen LogP contribution >= 0.6 is 11.8 Å². The van der Waals surface area contributed by atoms with Crippen LogP contribution in [0.5, 0.6) is 0 Å². The second kappa shape index (κ2) is 7.00. The molecule has 1 atom stereocenters. The highest BCUT2D eigenvalue weighted by atomic mass is 32.2. The molecule has 132 valence electrons. The smallest absolute Gasteiger partial charge is 0.258 e. The van der Waals surface area contributed by atoms with Crippen LogP contribution in [-0.2, 0) is 11.2 Å². The zero-order chi connectivity index (χ0) is 18.1. The Morgan fingerprint density at radius 3 is 2.69 bits per heavy atom. The predicted octanol–water partition coefficient (Wildman–Crippen LogP) is 3.53. The molecule has 2 heterocycles. The number of likely N-dealkylation sites (N-methyl/N-ethyl adjacent to an activating group) is 1. The lowest BCUT2D eigenvalue weighted by molar-refractivity contribution is -0.127. The Morgan fingerprint density at radius 2 is 1.92 bits per heavy atom. The fourth-order valence-corrected chi connectivity index (χ4v) is 4.22. The average Bonchev–Trinajstić information content (AvgIpc) is 2.70. The van der Waals surface area contributed by atoms with Gasteiger partial charge in [0.2, 0.25) is 0 Å². The minimum Gasteiger partial charge on any atom is -0.355 e. The van der Waals surface area contributed by atoms with Crippen LogP contribution in [-0.4, -0.2) is 34.6 Å². The van der Waals surface area contributed by atoms with Crippen LogP contribution in [0.2, 0.25) is 0 Å². The number of thioether (sulfide) groups is 1. The van der Waals surface area contributed by atoms with E-state index in [1.807, 2.05) is 31.5 Å². The fourth-order valence-electron chi connectivity index (χ4n) is 3.57. The van der Waals surface area contributed by atoms with Gasteiger partial charge >= 0.3 is 0 Å². The van der Waals surface area contributed by atoms with Gasteiger partial charge in [-0.1, -0.05) is 30.3 Å². The third-order valence-corrected chi connectivity index (χ3v) is 5.85. The van der Waals surface area contributed by atoms with Gasteiger partial charge in [0.05, 0.1) is 11.3 Å². The zero-order valence-corrected chi connectivity index (χ0v) is 15.7. The molecular weight excluding hydrogens is 342 g/mol. The van der Waals surface area contributed by atoms with Crippen molar-refractivity contribution in [3.63, 3.8) is 0 Å². The zero-order valence-electron chi connectivity index (χ0n) is 14.9. The maximum absolute atomic E-state index is 13.2. The van der Waals surface area contributed by atoms with Gasteiger partial charge < -0.3 is 10.2 Å². The van der Waals surface area contributed by atoms with Gasteiger partial charge in [-0.25, -0.2) is 0 Å². The quantitative estimate of drug-likeness (QED) is 0.906. The normalized spacial score (nSPS) is 19.8. The molecule has 4 nitrogen and oxygen atoms in total. The van der Waals surface area contributed by atoms with Crippen LogP contribution in [0.1, 0.15) is 23.1 Å².